The highest BCUT2D eigenvalue weighted by Crippen LogP contribution is 2.54. The van der Waals surface area contributed by atoms with Gasteiger partial charge in [-0.25, -0.2) is 9.59 Å². The lowest BCUT2D eigenvalue weighted by atomic mass is 9.61. The van der Waals surface area contributed by atoms with Crippen molar-refractivity contribution in [3.8, 4) is 0 Å². The van der Waals surface area contributed by atoms with Gasteiger partial charge in [0, 0.05) is 5.41 Å². The zero-order valence-electron chi connectivity index (χ0n) is 19.7. The van der Waals surface area contributed by atoms with E-state index in [9.17, 15) is 9.59 Å². The minimum absolute atomic E-state index is 0.203. The Morgan fingerprint density at radius 1 is 0.879 bits per heavy atom. The van der Waals surface area contributed by atoms with Crippen molar-refractivity contribution in [2.24, 2.45) is 17.3 Å². The summed E-state index contributed by atoms with van der Waals surface area (Å²) in [5.74, 6) is 0.460. The van der Waals surface area contributed by atoms with Crippen molar-refractivity contribution >= 4 is 20.5 Å². The molecule has 6 unspecified atom stereocenters. The Morgan fingerprint density at radius 2 is 1.48 bits per heavy atom. The van der Waals surface area contributed by atoms with Crippen LogP contribution in [0.1, 0.15) is 66.2 Å². The Bertz CT molecular complexity index is 931. The van der Waals surface area contributed by atoms with Crippen molar-refractivity contribution in [1.82, 2.24) is 0 Å². The van der Waals surface area contributed by atoms with Crippen LogP contribution >= 0.6 is 8.58 Å². The van der Waals surface area contributed by atoms with Crippen molar-refractivity contribution in [2.45, 2.75) is 57.7 Å². The molecule has 0 saturated heterocycles. The summed E-state index contributed by atoms with van der Waals surface area (Å²) in [6, 6.07) is 18.2. The number of benzene rings is 2. The Balaban J connectivity index is 1.63. The highest BCUT2D eigenvalue weighted by Gasteiger charge is 2.53. The van der Waals surface area contributed by atoms with Crippen molar-refractivity contribution in [3.63, 3.8) is 0 Å². The summed E-state index contributed by atoms with van der Waals surface area (Å²) in [6.07, 6.45) is 6.66. The molecule has 5 heteroatoms. The van der Waals surface area contributed by atoms with E-state index in [1.807, 2.05) is 36.4 Å². The molecular formula is C28H35O4P. The Kier molecular flexibility index (Phi) is 7.86. The van der Waals surface area contributed by atoms with Gasteiger partial charge in [-0.05, 0) is 81.0 Å². The largest absolute Gasteiger partial charge is 0.455 e. The molecule has 4 rings (SSSR count). The zero-order valence-corrected chi connectivity index (χ0v) is 20.7. The smallest absolute Gasteiger partial charge is 0.338 e. The van der Waals surface area contributed by atoms with E-state index in [4.69, 9.17) is 9.47 Å². The van der Waals surface area contributed by atoms with Crippen LogP contribution in [-0.2, 0) is 9.47 Å². The molecule has 0 aliphatic heterocycles. The Labute approximate surface area is 199 Å². The third kappa shape index (κ3) is 5.32. The van der Waals surface area contributed by atoms with Crippen LogP contribution in [0.5, 0.6) is 0 Å². The molecule has 2 fully saturated rings. The molecule has 0 N–H and O–H groups in total. The van der Waals surface area contributed by atoms with E-state index in [1.165, 1.54) is 19.0 Å². The Hall–Kier alpha value is -2.19. The molecular weight excluding hydrogens is 431 g/mol. The van der Waals surface area contributed by atoms with E-state index in [0.29, 0.717) is 29.4 Å². The van der Waals surface area contributed by atoms with Gasteiger partial charge < -0.3 is 9.47 Å². The van der Waals surface area contributed by atoms with E-state index in [2.05, 4.69) is 13.6 Å². The maximum Gasteiger partial charge on any atom is 0.338 e. The third-order valence-corrected chi connectivity index (χ3v) is 8.61. The summed E-state index contributed by atoms with van der Waals surface area (Å²) in [6.45, 7) is 4.55. The number of rotatable bonds is 7. The molecule has 4 nitrogen and oxygen atoms in total. The lowest BCUT2D eigenvalue weighted by molar-refractivity contribution is -0.129. The van der Waals surface area contributed by atoms with Crippen LogP contribution in [0.2, 0.25) is 0 Å². The molecule has 176 valence electrons. The SMILES string of the molecule is CPCC1CCCC1C1(C)CCCC(OC(=O)c2ccccc2)C1OC(=O)c1ccccc1. The van der Waals surface area contributed by atoms with Gasteiger partial charge in [0.05, 0.1) is 11.1 Å². The molecule has 0 bridgehead atoms. The molecule has 2 aromatic rings. The van der Waals surface area contributed by atoms with Gasteiger partial charge in [0.1, 0.15) is 12.2 Å². The number of esters is 2. The minimum Gasteiger partial charge on any atom is -0.455 e. The second-order valence-corrected chi connectivity index (χ2v) is 10.9. The van der Waals surface area contributed by atoms with Gasteiger partial charge in [-0.1, -0.05) is 49.7 Å². The topological polar surface area (TPSA) is 52.6 Å². The summed E-state index contributed by atoms with van der Waals surface area (Å²) < 4.78 is 12.3. The fourth-order valence-electron chi connectivity index (χ4n) is 6.08. The quantitative estimate of drug-likeness (QED) is 0.352. The lowest BCUT2D eigenvalue weighted by Crippen LogP contribution is -2.53. The second kappa shape index (κ2) is 10.8. The number of hydrogen-bond donors (Lipinski definition) is 0. The van der Waals surface area contributed by atoms with Crippen molar-refractivity contribution < 1.29 is 19.1 Å². The minimum atomic E-state index is -0.447. The van der Waals surface area contributed by atoms with E-state index < -0.39 is 12.2 Å². The van der Waals surface area contributed by atoms with E-state index in [1.54, 1.807) is 24.3 Å². The number of hydrogen-bond acceptors (Lipinski definition) is 4. The molecule has 0 radical (unpaired) electrons. The number of carbonyl (C=O) groups excluding carboxylic acids is 2. The highest BCUT2D eigenvalue weighted by atomic mass is 31.1. The summed E-state index contributed by atoms with van der Waals surface area (Å²) in [5, 5.41) is 0. The normalized spacial score (nSPS) is 29.8. The predicted octanol–water partition coefficient (Wildman–Crippen LogP) is 6.35. The molecule has 33 heavy (non-hydrogen) atoms. The molecule has 6 atom stereocenters. The van der Waals surface area contributed by atoms with Crippen LogP contribution in [0.3, 0.4) is 0 Å². The molecule has 2 saturated carbocycles. The first-order chi connectivity index (χ1) is 16.0. The van der Waals surface area contributed by atoms with Crippen molar-refractivity contribution in [3.05, 3.63) is 71.8 Å². The molecule has 2 aliphatic rings. The van der Waals surface area contributed by atoms with Crippen LogP contribution < -0.4 is 0 Å². The van der Waals surface area contributed by atoms with Gasteiger partial charge >= 0.3 is 11.9 Å². The van der Waals surface area contributed by atoms with Gasteiger partial charge in [-0.2, -0.15) is 0 Å². The van der Waals surface area contributed by atoms with Gasteiger partial charge in [-0.15, -0.1) is 8.58 Å². The zero-order chi connectivity index (χ0) is 23.3. The monoisotopic (exact) mass is 466 g/mol. The third-order valence-electron chi connectivity index (χ3n) is 7.68. The summed E-state index contributed by atoms with van der Waals surface area (Å²) in [4.78, 5) is 26.1. The Morgan fingerprint density at radius 3 is 2.09 bits per heavy atom. The van der Waals surface area contributed by atoms with Gasteiger partial charge in [0.15, 0.2) is 0 Å². The molecule has 0 aromatic heterocycles. The summed E-state index contributed by atoms with van der Waals surface area (Å²) >= 11 is 0. The van der Waals surface area contributed by atoms with Gasteiger partial charge in [0.2, 0.25) is 0 Å². The first-order valence-corrected chi connectivity index (χ1v) is 13.9. The van der Waals surface area contributed by atoms with E-state index in [0.717, 1.165) is 27.8 Å². The standard InChI is InChI=1S/C28H35O4P/c1-28(23-16-9-15-22(23)19-33-2)18-10-17-24(31-26(29)20-11-5-3-6-12-20)25(28)32-27(30)21-13-7-4-8-14-21/h3-8,11-14,22-25,33H,9-10,15-19H2,1-2H3. The molecule has 0 amide bonds. The first-order valence-electron chi connectivity index (χ1n) is 12.2. The maximum atomic E-state index is 13.2. The first kappa shape index (κ1) is 24.0. The molecule has 2 aromatic carbocycles. The molecule has 0 spiro atoms. The summed E-state index contributed by atoms with van der Waals surface area (Å²) in [7, 11) is 0.922. The van der Waals surface area contributed by atoms with Crippen molar-refractivity contribution in [1.29, 1.82) is 0 Å². The predicted molar refractivity (Wildman–Crippen MR) is 133 cm³/mol. The van der Waals surface area contributed by atoms with Crippen LogP contribution in [-0.4, -0.2) is 37.0 Å². The van der Waals surface area contributed by atoms with Crippen LogP contribution in [0.25, 0.3) is 0 Å². The number of carbonyl (C=O) groups is 2. The van der Waals surface area contributed by atoms with E-state index in [-0.39, 0.29) is 17.4 Å². The maximum absolute atomic E-state index is 13.2. The van der Waals surface area contributed by atoms with E-state index >= 15 is 0 Å². The fraction of sp³-hybridized carbons (Fsp3) is 0.500. The lowest BCUT2D eigenvalue weighted by Gasteiger charge is -2.49. The molecule has 2 aliphatic carbocycles. The highest BCUT2D eigenvalue weighted by molar-refractivity contribution is 7.37. The average molecular weight is 467 g/mol. The van der Waals surface area contributed by atoms with Crippen LogP contribution in [0.4, 0.5) is 0 Å². The van der Waals surface area contributed by atoms with Gasteiger partial charge in [-0.3, -0.25) is 0 Å². The fourth-order valence-corrected chi connectivity index (χ4v) is 7.09. The summed E-state index contributed by atoms with van der Waals surface area (Å²) in [5.41, 5.74) is 0.867. The second-order valence-electron chi connectivity index (χ2n) is 9.75. The average Bonchev–Trinajstić information content (AvgIpc) is 3.32. The van der Waals surface area contributed by atoms with Crippen LogP contribution in [0, 0.1) is 17.3 Å². The number of ether oxygens (including phenoxy) is 2. The van der Waals surface area contributed by atoms with Crippen molar-refractivity contribution in [2.75, 3.05) is 12.8 Å². The molecule has 0 heterocycles. The van der Waals surface area contributed by atoms with Gasteiger partial charge in [0.25, 0.3) is 0 Å². The van der Waals surface area contributed by atoms with Crippen LogP contribution in [0.15, 0.2) is 60.7 Å².